The van der Waals surface area contributed by atoms with Gasteiger partial charge in [-0.2, -0.15) is 13.2 Å². The standard InChI is InChI=1S/C28H31ClF3N3O5S/c1-17(33-16-26(37)20-6-9-25(36)24(14-20)35-41(2,39)40)10-18-4-3-5-19(11-18)12-27(38)34-15-21-13-22(28(30,31)32)7-8-23(21)29/h3-9,11,13-14,17,26,33,35-37H,10,12,15-16H2,1-2H3,(H,34,38)/t17-,26+/m1/s1. The number of carbonyl (C=O) groups excluding carboxylic acids is 1. The third-order valence-corrected chi connectivity index (χ3v) is 7.07. The van der Waals surface area contributed by atoms with Crippen molar-refractivity contribution in [1.82, 2.24) is 10.6 Å². The van der Waals surface area contributed by atoms with Crippen molar-refractivity contribution in [3.05, 3.63) is 93.5 Å². The number of carbonyl (C=O) groups is 1. The Morgan fingerprint density at radius 2 is 1.76 bits per heavy atom. The largest absolute Gasteiger partial charge is 0.506 e. The Labute approximate surface area is 241 Å². The molecule has 2 atom stereocenters. The quantitative estimate of drug-likeness (QED) is 0.191. The minimum atomic E-state index is -4.51. The van der Waals surface area contributed by atoms with E-state index in [-0.39, 0.29) is 53.5 Å². The van der Waals surface area contributed by atoms with Gasteiger partial charge in [0.25, 0.3) is 0 Å². The van der Waals surface area contributed by atoms with Crippen LogP contribution in [0.5, 0.6) is 5.75 Å². The zero-order chi connectivity index (χ0) is 30.4. The summed E-state index contributed by atoms with van der Waals surface area (Å²) >= 11 is 6.00. The lowest BCUT2D eigenvalue weighted by atomic mass is 10.0. The van der Waals surface area contributed by atoms with Crippen molar-refractivity contribution in [2.24, 2.45) is 0 Å². The molecule has 0 aliphatic carbocycles. The molecule has 0 aliphatic heterocycles. The van der Waals surface area contributed by atoms with Gasteiger partial charge >= 0.3 is 6.18 Å². The second-order valence-corrected chi connectivity index (χ2v) is 11.9. The van der Waals surface area contributed by atoms with Crippen LogP contribution in [-0.2, 0) is 40.4 Å². The molecule has 5 N–H and O–H groups in total. The van der Waals surface area contributed by atoms with E-state index >= 15 is 0 Å². The van der Waals surface area contributed by atoms with E-state index in [1.165, 1.54) is 18.2 Å². The van der Waals surface area contributed by atoms with Gasteiger partial charge in [0.05, 0.1) is 30.0 Å². The SMILES string of the molecule is C[C@H](Cc1cccc(CC(=O)NCc2cc(C(F)(F)F)ccc2Cl)c1)NC[C@H](O)c1ccc(O)c(NS(C)(=O)=O)c1. The lowest BCUT2D eigenvalue weighted by molar-refractivity contribution is -0.137. The summed E-state index contributed by atoms with van der Waals surface area (Å²) in [6.07, 6.45) is -3.94. The molecule has 0 aromatic heterocycles. The van der Waals surface area contributed by atoms with Gasteiger partial charge in [-0.1, -0.05) is 41.9 Å². The van der Waals surface area contributed by atoms with Crippen LogP contribution in [0.25, 0.3) is 0 Å². The van der Waals surface area contributed by atoms with Gasteiger partial charge in [-0.05, 0) is 65.9 Å². The van der Waals surface area contributed by atoms with Crippen molar-refractivity contribution in [1.29, 1.82) is 0 Å². The monoisotopic (exact) mass is 613 g/mol. The number of hydrogen-bond acceptors (Lipinski definition) is 6. The second-order valence-electron chi connectivity index (χ2n) is 9.76. The Morgan fingerprint density at radius 1 is 1.05 bits per heavy atom. The maximum absolute atomic E-state index is 13.0. The first-order valence-corrected chi connectivity index (χ1v) is 14.8. The van der Waals surface area contributed by atoms with Crippen LogP contribution >= 0.6 is 11.6 Å². The summed E-state index contributed by atoms with van der Waals surface area (Å²) < 4.78 is 64.1. The maximum Gasteiger partial charge on any atom is 0.416 e. The number of amides is 1. The molecule has 3 aromatic rings. The number of aliphatic hydroxyl groups excluding tert-OH is 1. The molecule has 41 heavy (non-hydrogen) atoms. The smallest absolute Gasteiger partial charge is 0.416 e. The van der Waals surface area contributed by atoms with E-state index in [1.54, 1.807) is 12.1 Å². The molecular formula is C28H31ClF3N3O5S. The predicted molar refractivity (Wildman–Crippen MR) is 151 cm³/mol. The molecule has 0 radical (unpaired) electrons. The molecule has 222 valence electrons. The highest BCUT2D eigenvalue weighted by Gasteiger charge is 2.30. The highest BCUT2D eigenvalue weighted by atomic mass is 35.5. The predicted octanol–water partition coefficient (Wildman–Crippen LogP) is 4.55. The number of rotatable bonds is 12. The number of hydrogen-bond donors (Lipinski definition) is 5. The molecule has 0 bridgehead atoms. The molecule has 3 rings (SSSR count). The van der Waals surface area contributed by atoms with Gasteiger partial charge in [-0.15, -0.1) is 0 Å². The summed E-state index contributed by atoms with van der Waals surface area (Å²) in [5.74, 6) is -0.635. The number of phenols is 1. The molecule has 0 fully saturated rings. The number of aromatic hydroxyl groups is 1. The minimum Gasteiger partial charge on any atom is -0.506 e. The van der Waals surface area contributed by atoms with Crippen LogP contribution in [0.4, 0.5) is 18.9 Å². The van der Waals surface area contributed by atoms with E-state index in [4.69, 9.17) is 11.6 Å². The average molecular weight is 614 g/mol. The topological polar surface area (TPSA) is 128 Å². The van der Waals surface area contributed by atoms with E-state index in [0.29, 0.717) is 12.0 Å². The molecule has 0 heterocycles. The summed E-state index contributed by atoms with van der Waals surface area (Å²) in [6.45, 7) is 1.93. The minimum absolute atomic E-state index is 0.0235. The van der Waals surface area contributed by atoms with Gasteiger partial charge in [0.15, 0.2) is 0 Å². The molecule has 13 heteroatoms. The summed E-state index contributed by atoms with van der Waals surface area (Å²) in [4.78, 5) is 12.5. The van der Waals surface area contributed by atoms with Crippen molar-refractivity contribution in [3.63, 3.8) is 0 Å². The lowest BCUT2D eigenvalue weighted by Crippen LogP contribution is -2.32. The van der Waals surface area contributed by atoms with Crippen molar-refractivity contribution < 1.29 is 36.6 Å². The zero-order valence-corrected chi connectivity index (χ0v) is 23.9. The van der Waals surface area contributed by atoms with Gasteiger partial charge in [0, 0.05) is 24.2 Å². The third-order valence-electron chi connectivity index (χ3n) is 6.11. The molecule has 0 saturated heterocycles. The fourth-order valence-electron chi connectivity index (χ4n) is 4.09. The summed E-state index contributed by atoms with van der Waals surface area (Å²) in [6, 6.07) is 14.4. The zero-order valence-electron chi connectivity index (χ0n) is 22.3. The van der Waals surface area contributed by atoms with Crippen LogP contribution in [-0.4, -0.2) is 43.4 Å². The molecule has 0 unspecified atom stereocenters. The van der Waals surface area contributed by atoms with Crippen LogP contribution in [0.1, 0.15) is 40.8 Å². The lowest BCUT2D eigenvalue weighted by Gasteiger charge is -2.19. The highest BCUT2D eigenvalue weighted by Crippen LogP contribution is 2.32. The molecule has 0 aliphatic rings. The normalized spacial score (nSPS) is 13.4. The molecule has 8 nitrogen and oxygen atoms in total. The number of aliphatic hydroxyl groups is 1. The number of nitrogens with one attached hydrogen (secondary N) is 3. The fraction of sp³-hybridized carbons (Fsp3) is 0.321. The fourth-order valence-corrected chi connectivity index (χ4v) is 4.84. The molecule has 3 aromatic carbocycles. The average Bonchev–Trinajstić information content (AvgIpc) is 2.87. The van der Waals surface area contributed by atoms with Crippen LogP contribution in [0, 0.1) is 0 Å². The first-order valence-electron chi connectivity index (χ1n) is 12.5. The van der Waals surface area contributed by atoms with Crippen molar-refractivity contribution >= 4 is 33.2 Å². The Bertz CT molecular complexity index is 1490. The first kappa shape index (κ1) is 32.2. The van der Waals surface area contributed by atoms with Crippen molar-refractivity contribution in [2.75, 3.05) is 17.5 Å². The number of phenolic OH excluding ortho intramolecular Hbond substituents is 1. The van der Waals surface area contributed by atoms with Gasteiger partial charge < -0.3 is 20.8 Å². The van der Waals surface area contributed by atoms with Crippen molar-refractivity contribution in [2.45, 2.75) is 44.6 Å². The van der Waals surface area contributed by atoms with Gasteiger partial charge in [0.2, 0.25) is 15.9 Å². The van der Waals surface area contributed by atoms with E-state index < -0.39 is 27.9 Å². The van der Waals surface area contributed by atoms with Crippen LogP contribution in [0.2, 0.25) is 5.02 Å². The van der Waals surface area contributed by atoms with E-state index in [1.807, 2.05) is 19.1 Å². The van der Waals surface area contributed by atoms with E-state index in [2.05, 4.69) is 15.4 Å². The number of alkyl halides is 3. The molecule has 0 spiro atoms. The molecule has 0 saturated carbocycles. The molecular weight excluding hydrogens is 583 g/mol. The second kappa shape index (κ2) is 13.6. The Kier molecular flexibility index (Phi) is 10.6. The highest BCUT2D eigenvalue weighted by molar-refractivity contribution is 7.92. The molecule has 1 amide bonds. The van der Waals surface area contributed by atoms with Crippen LogP contribution < -0.4 is 15.4 Å². The van der Waals surface area contributed by atoms with Crippen molar-refractivity contribution in [3.8, 4) is 5.75 Å². The first-order chi connectivity index (χ1) is 19.1. The third kappa shape index (κ3) is 10.2. The maximum atomic E-state index is 13.0. The number of halogens is 4. The van der Waals surface area contributed by atoms with Crippen LogP contribution in [0.15, 0.2) is 60.7 Å². The Morgan fingerprint density at radius 3 is 2.44 bits per heavy atom. The van der Waals surface area contributed by atoms with E-state index in [0.717, 1.165) is 35.6 Å². The van der Waals surface area contributed by atoms with Gasteiger partial charge in [0.1, 0.15) is 5.75 Å². The Hall–Kier alpha value is -3.32. The number of anilines is 1. The summed E-state index contributed by atoms with van der Waals surface area (Å²) in [5.41, 5.74) is 1.35. The number of benzene rings is 3. The van der Waals surface area contributed by atoms with E-state index in [9.17, 15) is 36.6 Å². The van der Waals surface area contributed by atoms with Crippen LogP contribution in [0.3, 0.4) is 0 Å². The van der Waals surface area contributed by atoms with Gasteiger partial charge in [-0.25, -0.2) is 8.42 Å². The number of sulfonamides is 1. The summed E-state index contributed by atoms with van der Waals surface area (Å²) in [5, 5.41) is 26.4. The van der Waals surface area contributed by atoms with Gasteiger partial charge in [-0.3, -0.25) is 9.52 Å². The summed E-state index contributed by atoms with van der Waals surface area (Å²) in [7, 11) is -3.61. The Balaban J connectivity index is 1.52.